The molecule has 0 unspecified atom stereocenters. The molecule has 0 saturated carbocycles. The number of rotatable bonds is 5. The van der Waals surface area contributed by atoms with E-state index in [4.69, 9.17) is 9.84 Å². The Morgan fingerprint density at radius 3 is 2.65 bits per heavy atom. The molecule has 2 heterocycles. The number of fused-ring (bicyclic) bond motifs is 3. The van der Waals surface area contributed by atoms with Crippen molar-refractivity contribution < 1.29 is 14.6 Å². The van der Waals surface area contributed by atoms with Crippen LogP contribution in [0.2, 0.25) is 0 Å². The number of para-hydroxylation sites is 1. The van der Waals surface area contributed by atoms with Crippen molar-refractivity contribution in [3.8, 4) is 17.1 Å². The quantitative estimate of drug-likeness (QED) is 0.570. The third-order valence-corrected chi connectivity index (χ3v) is 3.93. The van der Waals surface area contributed by atoms with Gasteiger partial charge >= 0.3 is 5.97 Å². The van der Waals surface area contributed by atoms with Gasteiger partial charge in [0, 0.05) is 10.9 Å². The summed E-state index contributed by atoms with van der Waals surface area (Å²) < 4.78 is 6.71. The van der Waals surface area contributed by atoms with Crippen LogP contribution in [0.4, 0.5) is 5.95 Å². The van der Waals surface area contributed by atoms with Crippen LogP contribution in [-0.2, 0) is 4.79 Å². The van der Waals surface area contributed by atoms with Crippen LogP contribution >= 0.6 is 0 Å². The first-order chi connectivity index (χ1) is 12.7. The molecule has 0 spiro atoms. The van der Waals surface area contributed by atoms with Gasteiger partial charge in [0.15, 0.2) is 11.5 Å². The molecule has 0 aliphatic rings. The molecule has 0 aliphatic heterocycles. The Kier molecular flexibility index (Phi) is 3.85. The van der Waals surface area contributed by atoms with E-state index in [0.717, 1.165) is 16.7 Å². The number of hydrogen-bond acceptors (Lipinski definition) is 6. The number of carboxylic acids is 1. The Bertz CT molecular complexity index is 1110. The molecule has 0 aliphatic carbocycles. The average Bonchev–Trinajstić information content (AvgIpc) is 3.12. The van der Waals surface area contributed by atoms with E-state index < -0.39 is 5.97 Å². The fraction of sp³-hybridized carbons (Fsp3) is 0.111. The zero-order chi connectivity index (χ0) is 18.1. The van der Waals surface area contributed by atoms with E-state index in [1.165, 1.54) is 4.52 Å². The van der Waals surface area contributed by atoms with Crippen molar-refractivity contribution in [3.05, 3.63) is 48.5 Å². The third kappa shape index (κ3) is 2.77. The van der Waals surface area contributed by atoms with E-state index in [1.807, 2.05) is 48.5 Å². The fourth-order valence-corrected chi connectivity index (χ4v) is 2.69. The Labute approximate surface area is 148 Å². The molecule has 8 heteroatoms. The number of methoxy groups -OCH3 is 1. The van der Waals surface area contributed by atoms with Gasteiger partial charge in [-0.2, -0.15) is 4.52 Å². The highest BCUT2D eigenvalue weighted by Gasteiger charge is 2.15. The van der Waals surface area contributed by atoms with Crippen molar-refractivity contribution in [3.63, 3.8) is 0 Å². The molecule has 8 nitrogen and oxygen atoms in total. The fourth-order valence-electron chi connectivity index (χ4n) is 2.69. The maximum Gasteiger partial charge on any atom is 0.322 e. The number of carboxylic acid groups (broad SMARTS) is 1. The van der Waals surface area contributed by atoms with Crippen LogP contribution in [0.25, 0.3) is 27.9 Å². The summed E-state index contributed by atoms with van der Waals surface area (Å²) in [6.45, 7) is -0.266. The normalized spacial score (nSPS) is 11.0. The second-order valence-electron chi connectivity index (χ2n) is 5.60. The summed E-state index contributed by atoms with van der Waals surface area (Å²) in [5, 5.41) is 17.1. The van der Waals surface area contributed by atoms with Crippen LogP contribution in [0.3, 0.4) is 0 Å². The Morgan fingerprint density at radius 2 is 1.92 bits per heavy atom. The summed E-state index contributed by atoms with van der Waals surface area (Å²) in [4.78, 5) is 20.0. The third-order valence-electron chi connectivity index (χ3n) is 3.93. The number of benzene rings is 2. The van der Waals surface area contributed by atoms with Crippen molar-refractivity contribution in [2.24, 2.45) is 0 Å². The van der Waals surface area contributed by atoms with Gasteiger partial charge in [-0.3, -0.25) is 4.79 Å². The lowest BCUT2D eigenvalue weighted by Crippen LogP contribution is -2.16. The van der Waals surface area contributed by atoms with Gasteiger partial charge in [0.2, 0.25) is 5.95 Å². The molecule has 0 saturated heterocycles. The number of carbonyl (C=O) groups is 1. The Hall–Kier alpha value is -3.68. The molecule has 26 heavy (non-hydrogen) atoms. The number of ether oxygens (including phenoxy) is 1. The molecular weight excluding hydrogens is 334 g/mol. The largest absolute Gasteiger partial charge is 0.497 e. The van der Waals surface area contributed by atoms with Gasteiger partial charge in [-0.05, 0) is 36.4 Å². The minimum atomic E-state index is -0.983. The standard InChI is InChI=1S/C18H15N5O3/c1-26-12-8-6-11(7-9-12)16-21-17-13-4-2-3-5-14(13)20-18(23(17)22-16)19-10-15(24)25/h2-9H,10H2,1H3,(H,19,20)(H,24,25). The second-order valence-corrected chi connectivity index (χ2v) is 5.60. The SMILES string of the molecule is COc1ccc(-c2nc3c4ccccc4nc(NCC(=O)O)n3n2)cc1. The van der Waals surface area contributed by atoms with E-state index >= 15 is 0 Å². The molecule has 2 aromatic carbocycles. The molecular formula is C18H15N5O3. The number of nitrogens with zero attached hydrogens (tertiary/aromatic N) is 4. The van der Waals surface area contributed by atoms with E-state index in [2.05, 4.69) is 20.4 Å². The molecule has 0 amide bonds. The lowest BCUT2D eigenvalue weighted by Gasteiger charge is -2.06. The zero-order valence-electron chi connectivity index (χ0n) is 13.9. The summed E-state index contributed by atoms with van der Waals surface area (Å²) in [6, 6.07) is 14.9. The van der Waals surface area contributed by atoms with Gasteiger partial charge in [-0.1, -0.05) is 12.1 Å². The predicted molar refractivity (Wildman–Crippen MR) is 96.4 cm³/mol. The predicted octanol–water partition coefficient (Wildman–Crippen LogP) is 2.45. The summed E-state index contributed by atoms with van der Waals surface area (Å²) in [6.07, 6.45) is 0. The number of anilines is 1. The molecule has 2 N–H and O–H groups in total. The van der Waals surface area contributed by atoms with Crippen LogP contribution < -0.4 is 10.1 Å². The van der Waals surface area contributed by atoms with Gasteiger partial charge in [0.05, 0.1) is 12.6 Å². The number of hydrogen-bond donors (Lipinski definition) is 2. The lowest BCUT2D eigenvalue weighted by atomic mass is 10.2. The van der Waals surface area contributed by atoms with Gasteiger partial charge in [0.25, 0.3) is 0 Å². The topological polar surface area (TPSA) is 102 Å². The van der Waals surface area contributed by atoms with Crippen LogP contribution in [0.1, 0.15) is 0 Å². The van der Waals surface area contributed by atoms with Crippen LogP contribution in [0.15, 0.2) is 48.5 Å². The molecule has 0 atom stereocenters. The van der Waals surface area contributed by atoms with Gasteiger partial charge < -0.3 is 15.2 Å². The van der Waals surface area contributed by atoms with Crippen LogP contribution in [0.5, 0.6) is 5.75 Å². The molecule has 4 aromatic rings. The van der Waals surface area contributed by atoms with E-state index in [1.54, 1.807) is 7.11 Å². The first-order valence-corrected chi connectivity index (χ1v) is 7.91. The van der Waals surface area contributed by atoms with E-state index in [9.17, 15) is 4.79 Å². The van der Waals surface area contributed by atoms with Crippen molar-refractivity contribution in [2.45, 2.75) is 0 Å². The molecule has 0 radical (unpaired) electrons. The second kappa shape index (κ2) is 6.32. The molecule has 0 fully saturated rings. The van der Waals surface area contributed by atoms with Crippen LogP contribution in [0, 0.1) is 0 Å². The van der Waals surface area contributed by atoms with E-state index in [-0.39, 0.29) is 6.54 Å². The minimum Gasteiger partial charge on any atom is -0.497 e. The average molecular weight is 349 g/mol. The molecule has 4 rings (SSSR count). The zero-order valence-corrected chi connectivity index (χ0v) is 13.9. The highest BCUT2D eigenvalue weighted by molar-refractivity contribution is 5.93. The van der Waals surface area contributed by atoms with Gasteiger partial charge in [-0.25, -0.2) is 9.97 Å². The summed E-state index contributed by atoms with van der Waals surface area (Å²) in [5.41, 5.74) is 2.14. The summed E-state index contributed by atoms with van der Waals surface area (Å²) in [5.74, 6) is 0.606. The van der Waals surface area contributed by atoms with Crippen molar-refractivity contribution in [1.82, 2.24) is 19.6 Å². The van der Waals surface area contributed by atoms with Crippen molar-refractivity contribution in [2.75, 3.05) is 19.0 Å². The summed E-state index contributed by atoms with van der Waals surface area (Å²) in [7, 11) is 1.61. The Balaban J connectivity index is 1.89. The minimum absolute atomic E-state index is 0.266. The highest BCUT2D eigenvalue weighted by Crippen LogP contribution is 2.25. The number of nitrogens with one attached hydrogen (secondary N) is 1. The number of aromatic nitrogens is 4. The van der Waals surface area contributed by atoms with Crippen molar-refractivity contribution in [1.29, 1.82) is 0 Å². The molecule has 130 valence electrons. The number of aliphatic carboxylic acids is 1. The maximum absolute atomic E-state index is 10.9. The van der Waals surface area contributed by atoms with Crippen LogP contribution in [-0.4, -0.2) is 44.3 Å². The van der Waals surface area contributed by atoms with Gasteiger partial charge in [-0.15, -0.1) is 5.10 Å². The van der Waals surface area contributed by atoms with Crippen molar-refractivity contribution >= 4 is 28.5 Å². The monoisotopic (exact) mass is 349 g/mol. The highest BCUT2D eigenvalue weighted by atomic mass is 16.5. The first-order valence-electron chi connectivity index (χ1n) is 7.91. The lowest BCUT2D eigenvalue weighted by molar-refractivity contribution is -0.134. The smallest absolute Gasteiger partial charge is 0.322 e. The molecule has 0 bridgehead atoms. The first kappa shape index (κ1) is 15.8. The Morgan fingerprint density at radius 1 is 1.15 bits per heavy atom. The van der Waals surface area contributed by atoms with Gasteiger partial charge in [0.1, 0.15) is 12.3 Å². The van der Waals surface area contributed by atoms with E-state index in [0.29, 0.717) is 22.9 Å². The summed E-state index contributed by atoms with van der Waals surface area (Å²) >= 11 is 0. The molecule has 2 aromatic heterocycles. The maximum atomic E-state index is 10.9.